The molecule has 0 aliphatic carbocycles. The standard InChI is InChI=1S/C25H19ClF2N6O3/c26-25(27,28)37-18-3-1-17(2-4-18)33-23(35)16-8-19(15-7-20-21(30-10-15)12-32-24(20)36)22(31-11-16)34-6-5-14(9-29)13-34/h1-4,7-8,10-11,14H,5-6,12-13H2,(H,32,36)(H,33,35)/t14-/m1/s1. The van der Waals surface area contributed by atoms with Crippen LogP contribution in [-0.4, -0.2) is 40.4 Å². The van der Waals surface area contributed by atoms with Crippen molar-refractivity contribution in [2.75, 3.05) is 23.3 Å². The van der Waals surface area contributed by atoms with Crippen molar-refractivity contribution < 1.29 is 23.1 Å². The molecule has 2 aliphatic rings. The predicted octanol–water partition coefficient (Wildman–Crippen LogP) is 4.16. The minimum Gasteiger partial charge on any atom is -0.420 e. The number of halogens is 3. The fraction of sp³-hybridized carbons (Fsp3) is 0.240. The van der Waals surface area contributed by atoms with E-state index in [4.69, 9.17) is 11.6 Å². The van der Waals surface area contributed by atoms with E-state index in [1.165, 1.54) is 30.5 Å². The highest BCUT2D eigenvalue weighted by Gasteiger charge is 2.29. The molecule has 5 rings (SSSR count). The summed E-state index contributed by atoms with van der Waals surface area (Å²) in [6.07, 6.45) is 3.75. The Labute approximate surface area is 215 Å². The molecule has 2 N–H and O–H groups in total. The highest BCUT2D eigenvalue weighted by Crippen LogP contribution is 2.34. The third kappa shape index (κ3) is 5.29. The topological polar surface area (TPSA) is 120 Å². The molecule has 188 valence electrons. The van der Waals surface area contributed by atoms with Gasteiger partial charge < -0.3 is 20.3 Å². The summed E-state index contributed by atoms with van der Waals surface area (Å²) in [5.41, 5.74) is -0.974. The Morgan fingerprint density at radius 2 is 2.00 bits per heavy atom. The van der Waals surface area contributed by atoms with Crippen LogP contribution in [0.2, 0.25) is 0 Å². The molecular formula is C25H19ClF2N6O3. The van der Waals surface area contributed by atoms with Gasteiger partial charge >= 0.3 is 5.57 Å². The number of alkyl halides is 3. The van der Waals surface area contributed by atoms with E-state index in [-0.39, 0.29) is 23.1 Å². The van der Waals surface area contributed by atoms with Crippen LogP contribution in [0.4, 0.5) is 20.3 Å². The Balaban J connectivity index is 1.45. The first-order valence-corrected chi connectivity index (χ1v) is 11.7. The second-order valence-electron chi connectivity index (χ2n) is 8.58. The number of benzene rings is 1. The second kappa shape index (κ2) is 9.63. The maximum atomic E-state index is 13.0. The molecule has 0 radical (unpaired) electrons. The molecule has 2 aliphatic heterocycles. The molecule has 0 bridgehead atoms. The lowest BCUT2D eigenvalue weighted by atomic mass is 10.0. The number of pyridine rings is 2. The Bertz CT molecular complexity index is 1420. The Hall–Kier alpha value is -4.30. The first kappa shape index (κ1) is 24.4. The van der Waals surface area contributed by atoms with Crippen molar-refractivity contribution in [3.8, 4) is 22.9 Å². The first-order chi connectivity index (χ1) is 17.7. The van der Waals surface area contributed by atoms with E-state index in [9.17, 15) is 23.6 Å². The molecule has 2 aromatic heterocycles. The molecule has 4 heterocycles. The van der Waals surface area contributed by atoms with E-state index < -0.39 is 11.5 Å². The number of nitrogens with one attached hydrogen (secondary N) is 2. The number of carbonyl (C=O) groups excluding carboxylic acids is 2. The zero-order valence-electron chi connectivity index (χ0n) is 19.2. The van der Waals surface area contributed by atoms with Crippen LogP contribution in [0.3, 0.4) is 0 Å². The molecule has 0 unspecified atom stereocenters. The quantitative estimate of drug-likeness (QED) is 0.465. The summed E-state index contributed by atoms with van der Waals surface area (Å²) in [5.74, 6) is -0.427. The van der Waals surface area contributed by atoms with Crippen LogP contribution in [0.25, 0.3) is 11.1 Å². The molecule has 0 spiro atoms. The summed E-state index contributed by atoms with van der Waals surface area (Å²) in [4.78, 5) is 36.2. The predicted molar refractivity (Wildman–Crippen MR) is 130 cm³/mol. The SMILES string of the molecule is N#C[C@H]1CCN(c2ncc(C(=O)Nc3ccc(OC(F)(F)Cl)cc3)cc2-c2cnc3c(c2)C(=O)NC3)C1. The second-order valence-corrected chi connectivity index (χ2v) is 9.02. The van der Waals surface area contributed by atoms with Crippen LogP contribution in [0.1, 0.15) is 32.8 Å². The third-order valence-corrected chi connectivity index (χ3v) is 6.16. The minimum atomic E-state index is -3.84. The van der Waals surface area contributed by atoms with E-state index in [1.54, 1.807) is 18.3 Å². The fourth-order valence-electron chi connectivity index (χ4n) is 4.28. The van der Waals surface area contributed by atoms with Crippen molar-refractivity contribution >= 4 is 34.9 Å². The van der Waals surface area contributed by atoms with Crippen molar-refractivity contribution in [2.45, 2.75) is 18.5 Å². The number of nitriles is 1. The van der Waals surface area contributed by atoms with Crippen molar-refractivity contribution in [1.82, 2.24) is 15.3 Å². The number of hydrogen-bond donors (Lipinski definition) is 2. The van der Waals surface area contributed by atoms with Crippen molar-refractivity contribution in [3.05, 3.63) is 65.6 Å². The number of ether oxygens (including phenoxy) is 1. The zero-order valence-corrected chi connectivity index (χ0v) is 19.9. The summed E-state index contributed by atoms with van der Waals surface area (Å²) in [6, 6.07) is 10.9. The van der Waals surface area contributed by atoms with Crippen LogP contribution in [0.15, 0.2) is 48.8 Å². The lowest BCUT2D eigenvalue weighted by Gasteiger charge is -2.21. The molecule has 12 heteroatoms. The highest BCUT2D eigenvalue weighted by atomic mass is 35.5. The molecular weight excluding hydrogens is 506 g/mol. The molecule has 1 atom stereocenters. The molecule has 3 aromatic rings. The lowest BCUT2D eigenvalue weighted by Crippen LogP contribution is -2.22. The normalized spacial score (nSPS) is 16.6. The van der Waals surface area contributed by atoms with Gasteiger partial charge in [0, 0.05) is 53.9 Å². The van der Waals surface area contributed by atoms with Gasteiger partial charge in [-0.3, -0.25) is 14.6 Å². The molecule has 0 saturated carbocycles. The number of anilines is 2. The summed E-state index contributed by atoms with van der Waals surface area (Å²) in [6.45, 7) is 1.47. The van der Waals surface area contributed by atoms with E-state index in [2.05, 4.69) is 31.4 Å². The van der Waals surface area contributed by atoms with Gasteiger partial charge in [0.05, 0.1) is 35.4 Å². The lowest BCUT2D eigenvalue weighted by molar-refractivity contribution is -0.0964. The molecule has 1 fully saturated rings. The maximum Gasteiger partial charge on any atom is 0.487 e. The Kier molecular flexibility index (Phi) is 6.35. The minimum absolute atomic E-state index is 0.132. The number of hydrogen-bond acceptors (Lipinski definition) is 7. The van der Waals surface area contributed by atoms with Gasteiger partial charge in [-0.1, -0.05) is 0 Å². The van der Waals surface area contributed by atoms with Crippen LogP contribution >= 0.6 is 11.6 Å². The third-order valence-electron chi connectivity index (χ3n) is 6.09. The molecule has 1 aromatic carbocycles. The first-order valence-electron chi connectivity index (χ1n) is 11.3. The van der Waals surface area contributed by atoms with Gasteiger partial charge in [0.1, 0.15) is 11.6 Å². The Morgan fingerprint density at radius 3 is 2.70 bits per heavy atom. The Morgan fingerprint density at radius 1 is 1.22 bits per heavy atom. The van der Waals surface area contributed by atoms with E-state index in [0.717, 1.165) is 0 Å². The van der Waals surface area contributed by atoms with Crippen molar-refractivity contribution in [2.24, 2.45) is 5.92 Å². The number of rotatable bonds is 6. The van der Waals surface area contributed by atoms with Gasteiger partial charge in [0.25, 0.3) is 11.8 Å². The van der Waals surface area contributed by atoms with Gasteiger partial charge in [-0.05, 0) is 42.8 Å². The van der Waals surface area contributed by atoms with Gasteiger partial charge in [-0.25, -0.2) is 4.98 Å². The number of aromatic nitrogens is 2. The van der Waals surface area contributed by atoms with Gasteiger partial charge in [-0.15, -0.1) is 8.78 Å². The summed E-state index contributed by atoms with van der Waals surface area (Å²) < 4.78 is 29.9. The summed E-state index contributed by atoms with van der Waals surface area (Å²) in [7, 11) is 0. The largest absolute Gasteiger partial charge is 0.487 e. The van der Waals surface area contributed by atoms with Crippen LogP contribution in [0, 0.1) is 17.2 Å². The molecule has 2 amide bonds. The summed E-state index contributed by atoms with van der Waals surface area (Å²) >= 11 is 4.77. The van der Waals surface area contributed by atoms with Gasteiger partial charge in [0.15, 0.2) is 0 Å². The number of nitrogens with zero attached hydrogens (tertiary/aromatic N) is 4. The van der Waals surface area contributed by atoms with Crippen molar-refractivity contribution in [1.29, 1.82) is 5.26 Å². The number of carbonyl (C=O) groups is 2. The zero-order chi connectivity index (χ0) is 26.2. The van der Waals surface area contributed by atoms with Crippen molar-refractivity contribution in [3.63, 3.8) is 0 Å². The number of amides is 2. The van der Waals surface area contributed by atoms with E-state index >= 15 is 0 Å². The highest BCUT2D eigenvalue weighted by molar-refractivity contribution is 6.20. The van der Waals surface area contributed by atoms with Crippen LogP contribution in [0.5, 0.6) is 5.75 Å². The smallest absolute Gasteiger partial charge is 0.420 e. The molecule has 1 saturated heterocycles. The van der Waals surface area contributed by atoms with Gasteiger partial charge in [-0.2, -0.15) is 5.26 Å². The monoisotopic (exact) mass is 524 g/mol. The molecule has 9 nitrogen and oxygen atoms in total. The summed E-state index contributed by atoms with van der Waals surface area (Å²) in [5, 5.41) is 14.7. The fourth-order valence-corrected chi connectivity index (χ4v) is 4.37. The van der Waals surface area contributed by atoms with E-state index in [0.29, 0.717) is 59.9 Å². The molecule has 37 heavy (non-hydrogen) atoms. The average Bonchev–Trinajstić information content (AvgIpc) is 3.50. The number of fused-ring (bicyclic) bond motifs is 1. The van der Waals surface area contributed by atoms with Crippen LogP contribution < -0.4 is 20.3 Å². The van der Waals surface area contributed by atoms with Crippen LogP contribution in [-0.2, 0) is 6.54 Å². The van der Waals surface area contributed by atoms with Gasteiger partial charge in [0.2, 0.25) is 0 Å². The maximum absolute atomic E-state index is 13.0. The van der Waals surface area contributed by atoms with E-state index in [1.807, 2.05) is 4.90 Å². The average molecular weight is 525 g/mol.